The Hall–Kier alpha value is -2.34. The van der Waals surface area contributed by atoms with Crippen molar-refractivity contribution in [2.24, 2.45) is 11.7 Å². The van der Waals surface area contributed by atoms with Gasteiger partial charge in [-0.05, 0) is 62.8 Å². The highest BCUT2D eigenvalue weighted by atomic mass is 32.1. The van der Waals surface area contributed by atoms with Gasteiger partial charge in [0.25, 0.3) is 11.8 Å². The first-order chi connectivity index (χ1) is 12.3. The average Bonchev–Trinajstić information content (AvgIpc) is 2.91. The molecule has 0 fully saturated rings. The Morgan fingerprint density at radius 1 is 1.35 bits per heavy atom. The second kappa shape index (κ2) is 7.50. The van der Waals surface area contributed by atoms with Crippen molar-refractivity contribution in [3.05, 3.63) is 45.8 Å². The standard InChI is InChI=1S/C20H24N2O3S/c1-11(2)25-14-6-4-5-13(10-14)19(24)22-20-17(18(21)23)15-8-7-12(3)9-16(15)26-20/h4-6,10-12H,7-9H2,1-3H3,(H2,21,23)(H,22,24)/t12-/m1/s1. The lowest BCUT2D eigenvalue weighted by atomic mass is 9.88. The van der Waals surface area contributed by atoms with Crippen LogP contribution in [0.25, 0.3) is 0 Å². The van der Waals surface area contributed by atoms with Crippen molar-refractivity contribution in [2.45, 2.75) is 46.1 Å². The van der Waals surface area contributed by atoms with Crippen LogP contribution in [0.4, 0.5) is 5.00 Å². The van der Waals surface area contributed by atoms with Crippen molar-refractivity contribution < 1.29 is 14.3 Å². The van der Waals surface area contributed by atoms with Crippen LogP contribution in [0.15, 0.2) is 24.3 Å². The normalized spacial score (nSPS) is 16.2. The molecule has 0 radical (unpaired) electrons. The Labute approximate surface area is 157 Å². The quantitative estimate of drug-likeness (QED) is 0.832. The molecule has 0 spiro atoms. The van der Waals surface area contributed by atoms with Crippen LogP contribution in [0, 0.1) is 5.92 Å². The molecular weight excluding hydrogens is 348 g/mol. The number of hydrogen-bond acceptors (Lipinski definition) is 4. The van der Waals surface area contributed by atoms with E-state index in [9.17, 15) is 9.59 Å². The summed E-state index contributed by atoms with van der Waals surface area (Å²) in [7, 11) is 0. The second-order valence-corrected chi connectivity index (χ2v) is 8.17. The van der Waals surface area contributed by atoms with Crippen LogP contribution >= 0.6 is 11.3 Å². The maximum absolute atomic E-state index is 12.7. The molecule has 0 bridgehead atoms. The highest BCUT2D eigenvalue weighted by Crippen LogP contribution is 2.39. The van der Waals surface area contributed by atoms with E-state index in [1.165, 1.54) is 11.3 Å². The predicted molar refractivity (Wildman–Crippen MR) is 104 cm³/mol. The van der Waals surface area contributed by atoms with E-state index in [1.54, 1.807) is 18.2 Å². The first kappa shape index (κ1) is 18.5. The molecule has 0 unspecified atom stereocenters. The van der Waals surface area contributed by atoms with Gasteiger partial charge in [-0.1, -0.05) is 13.0 Å². The van der Waals surface area contributed by atoms with Gasteiger partial charge in [0.05, 0.1) is 11.7 Å². The molecule has 1 atom stereocenters. The van der Waals surface area contributed by atoms with Gasteiger partial charge in [0.2, 0.25) is 0 Å². The zero-order chi connectivity index (χ0) is 18.8. The van der Waals surface area contributed by atoms with E-state index < -0.39 is 5.91 Å². The molecule has 0 saturated heterocycles. The number of carbonyl (C=O) groups excluding carboxylic acids is 2. The molecule has 1 aliphatic rings. The summed E-state index contributed by atoms with van der Waals surface area (Å²) in [4.78, 5) is 25.8. The largest absolute Gasteiger partial charge is 0.491 e. The van der Waals surface area contributed by atoms with E-state index in [2.05, 4.69) is 12.2 Å². The predicted octanol–water partition coefficient (Wildman–Crippen LogP) is 4.01. The number of thiophene rings is 1. The van der Waals surface area contributed by atoms with Gasteiger partial charge >= 0.3 is 0 Å². The van der Waals surface area contributed by atoms with Gasteiger partial charge < -0.3 is 15.8 Å². The van der Waals surface area contributed by atoms with Crippen molar-refractivity contribution in [2.75, 3.05) is 5.32 Å². The molecule has 0 saturated carbocycles. The molecule has 0 aliphatic heterocycles. The molecule has 3 rings (SSSR count). The van der Waals surface area contributed by atoms with Gasteiger partial charge in [0, 0.05) is 10.4 Å². The summed E-state index contributed by atoms with van der Waals surface area (Å²) in [5.41, 5.74) is 7.57. The maximum Gasteiger partial charge on any atom is 0.256 e. The minimum atomic E-state index is -0.482. The number of rotatable bonds is 5. The number of nitrogens with two attached hydrogens (primary N) is 1. The van der Waals surface area contributed by atoms with Crippen LogP contribution in [0.3, 0.4) is 0 Å². The van der Waals surface area contributed by atoms with Gasteiger partial charge in [-0.15, -0.1) is 11.3 Å². The molecule has 5 nitrogen and oxygen atoms in total. The molecule has 138 valence electrons. The third-order valence-electron chi connectivity index (χ3n) is 4.45. The third-order valence-corrected chi connectivity index (χ3v) is 5.62. The van der Waals surface area contributed by atoms with E-state index in [1.807, 2.05) is 19.9 Å². The third kappa shape index (κ3) is 3.90. The number of nitrogens with one attached hydrogen (secondary N) is 1. The van der Waals surface area contributed by atoms with E-state index in [0.717, 1.165) is 29.7 Å². The summed E-state index contributed by atoms with van der Waals surface area (Å²) in [6, 6.07) is 7.02. The van der Waals surface area contributed by atoms with Crippen molar-refractivity contribution in [1.82, 2.24) is 0 Å². The Kier molecular flexibility index (Phi) is 5.32. The second-order valence-electron chi connectivity index (χ2n) is 7.07. The highest BCUT2D eigenvalue weighted by molar-refractivity contribution is 7.17. The Morgan fingerprint density at radius 2 is 2.12 bits per heavy atom. The first-order valence-corrected chi connectivity index (χ1v) is 9.69. The molecule has 1 aromatic heterocycles. The number of ether oxygens (including phenoxy) is 1. The molecule has 1 aliphatic carbocycles. The van der Waals surface area contributed by atoms with Crippen LogP contribution in [0.2, 0.25) is 0 Å². The monoisotopic (exact) mass is 372 g/mol. The molecule has 1 aromatic carbocycles. The van der Waals surface area contributed by atoms with Crippen molar-refractivity contribution in [3.8, 4) is 5.75 Å². The molecule has 26 heavy (non-hydrogen) atoms. The fourth-order valence-electron chi connectivity index (χ4n) is 3.26. The number of primary amides is 1. The number of carbonyl (C=O) groups is 2. The van der Waals surface area contributed by atoms with Gasteiger partial charge in [0.15, 0.2) is 0 Å². The lowest BCUT2D eigenvalue weighted by molar-refractivity contribution is 0.1000. The van der Waals surface area contributed by atoms with Crippen LogP contribution in [-0.2, 0) is 12.8 Å². The number of hydrogen-bond donors (Lipinski definition) is 2. The van der Waals surface area contributed by atoms with Crippen LogP contribution < -0.4 is 15.8 Å². The lowest BCUT2D eigenvalue weighted by Crippen LogP contribution is -2.19. The van der Waals surface area contributed by atoms with Crippen molar-refractivity contribution in [1.29, 1.82) is 0 Å². The van der Waals surface area contributed by atoms with Crippen LogP contribution in [0.1, 0.15) is 58.3 Å². The zero-order valence-electron chi connectivity index (χ0n) is 15.3. The fourth-order valence-corrected chi connectivity index (χ4v) is 4.67. The zero-order valence-corrected chi connectivity index (χ0v) is 16.1. The first-order valence-electron chi connectivity index (χ1n) is 8.87. The number of anilines is 1. The fraction of sp³-hybridized carbons (Fsp3) is 0.400. The molecular formula is C20H24N2O3S. The van der Waals surface area contributed by atoms with Gasteiger partial charge in [-0.25, -0.2) is 0 Å². The summed E-state index contributed by atoms with van der Waals surface area (Å²) in [6.45, 7) is 6.07. The van der Waals surface area contributed by atoms with Gasteiger partial charge in [-0.2, -0.15) is 0 Å². The molecule has 6 heteroatoms. The summed E-state index contributed by atoms with van der Waals surface area (Å²) in [6.07, 6.45) is 2.82. The summed E-state index contributed by atoms with van der Waals surface area (Å²) in [5.74, 6) is 0.468. The van der Waals surface area contributed by atoms with Crippen LogP contribution in [0.5, 0.6) is 5.75 Å². The Balaban J connectivity index is 1.87. The van der Waals surface area contributed by atoms with Gasteiger partial charge in [0.1, 0.15) is 10.8 Å². The minimum absolute atomic E-state index is 0.0285. The molecule has 2 aromatic rings. The van der Waals surface area contributed by atoms with E-state index in [0.29, 0.717) is 27.8 Å². The summed E-state index contributed by atoms with van der Waals surface area (Å²) < 4.78 is 5.64. The van der Waals surface area contributed by atoms with Crippen LogP contribution in [-0.4, -0.2) is 17.9 Å². The summed E-state index contributed by atoms with van der Waals surface area (Å²) >= 11 is 1.47. The SMILES string of the molecule is CC(C)Oc1cccc(C(=O)Nc2sc3c(c2C(N)=O)CC[C@@H](C)C3)c1. The van der Waals surface area contributed by atoms with E-state index in [4.69, 9.17) is 10.5 Å². The van der Waals surface area contributed by atoms with E-state index >= 15 is 0 Å². The minimum Gasteiger partial charge on any atom is -0.491 e. The summed E-state index contributed by atoms with van der Waals surface area (Å²) in [5, 5.41) is 3.44. The highest BCUT2D eigenvalue weighted by Gasteiger charge is 2.27. The average molecular weight is 372 g/mol. The van der Waals surface area contributed by atoms with Crippen molar-refractivity contribution in [3.63, 3.8) is 0 Å². The maximum atomic E-state index is 12.7. The van der Waals surface area contributed by atoms with Gasteiger partial charge in [-0.3, -0.25) is 9.59 Å². The smallest absolute Gasteiger partial charge is 0.256 e. The van der Waals surface area contributed by atoms with Crippen molar-refractivity contribution >= 4 is 28.2 Å². The lowest BCUT2D eigenvalue weighted by Gasteiger charge is -2.18. The molecule has 2 amide bonds. The number of fused-ring (bicyclic) bond motifs is 1. The number of amides is 2. The number of benzene rings is 1. The molecule has 3 N–H and O–H groups in total. The van der Waals surface area contributed by atoms with E-state index in [-0.39, 0.29) is 12.0 Å². The topological polar surface area (TPSA) is 81.4 Å². The Morgan fingerprint density at radius 3 is 2.81 bits per heavy atom. The molecule has 1 heterocycles. The Bertz CT molecular complexity index is 842.